The molecule has 0 unspecified atom stereocenters. The SMILES string of the molecule is CCCCCNC(=O)[C@H](Cc1cccc(CN2CC(=O)N(Cc3ccc(OC)cc3)S2(=O)=O)c1)NC(=O)OC(C)(C)C. The quantitative estimate of drug-likeness (QED) is 0.335. The van der Waals surface area contributed by atoms with E-state index in [4.69, 9.17) is 9.47 Å². The molecule has 0 bridgehead atoms. The van der Waals surface area contributed by atoms with Gasteiger partial charge in [-0.1, -0.05) is 56.2 Å². The van der Waals surface area contributed by atoms with Gasteiger partial charge >= 0.3 is 16.3 Å². The van der Waals surface area contributed by atoms with Gasteiger partial charge in [-0.25, -0.2) is 9.10 Å². The van der Waals surface area contributed by atoms with E-state index in [1.807, 2.05) is 0 Å². The summed E-state index contributed by atoms with van der Waals surface area (Å²) in [5.41, 5.74) is 1.30. The van der Waals surface area contributed by atoms with Crippen LogP contribution in [0.1, 0.15) is 63.6 Å². The van der Waals surface area contributed by atoms with E-state index in [1.54, 1.807) is 69.3 Å². The second kappa shape index (κ2) is 14.5. The smallest absolute Gasteiger partial charge is 0.408 e. The van der Waals surface area contributed by atoms with Gasteiger partial charge in [0.15, 0.2) is 0 Å². The summed E-state index contributed by atoms with van der Waals surface area (Å²) in [7, 11) is -2.50. The third-order valence-corrected chi connectivity index (χ3v) is 8.36. The van der Waals surface area contributed by atoms with Gasteiger partial charge in [0, 0.05) is 19.5 Å². The van der Waals surface area contributed by atoms with Gasteiger partial charge < -0.3 is 20.1 Å². The van der Waals surface area contributed by atoms with Crippen molar-refractivity contribution >= 4 is 28.1 Å². The van der Waals surface area contributed by atoms with Crippen LogP contribution in [0.3, 0.4) is 0 Å². The van der Waals surface area contributed by atoms with Gasteiger partial charge in [-0.3, -0.25) is 9.59 Å². The maximum Gasteiger partial charge on any atom is 0.408 e. The number of methoxy groups -OCH3 is 1. The van der Waals surface area contributed by atoms with Crippen molar-refractivity contribution in [3.05, 3.63) is 65.2 Å². The van der Waals surface area contributed by atoms with Crippen molar-refractivity contribution in [3.8, 4) is 5.75 Å². The van der Waals surface area contributed by atoms with Gasteiger partial charge in [0.2, 0.25) is 5.91 Å². The lowest BCUT2D eigenvalue weighted by Gasteiger charge is -2.23. The third-order valence-electron chi connectivity index (χ3n) is 6.56. The molecule has 230 valence electrons. The van der Waals surface area contributed by atoms with Crippen LogP contribution in [0.5, 0.6) is 5.75 Å². The van der Waals surface area contributed by atoms with Crippen molar-refractivity contribution in [3.63, 3.8) is 0 Å². The van der Waals surface area contributed by atoms with Crippen LogP contribution < -0.4 is 15.4 Å². The first-order chi connectivity index (χ1) is 19.8. The lowest BCUT2D eigenvalue weighted by molar-refractivity contribution is -0.125. The Labute approximate surface area is 248 Å². The second-order valence-corrected chi connectivity index (χ2v) is 13.1. The molecule has 1 atom stereocenters. The minimum Gasteiger partial charge on any atom is -0.497 e. The minimum atomic E-state index is -4.04. The summed E-state index contributed by atoms with van der Waals surface area (Å²) in [6, 6.07) is 13.1. The number of carbonyl (C=O) groups excluding carboxylic acids is 3. The molecule has 1 fully saturated rings. The molecule has 0 aliphatic carbocycles. The van der Waals surface area contributed by atoms with Crippen molar-refractivity contribution in [2.75, 3.05) is 20.2 Å². The molecular weight excluding hydrogens is 560 g/mol. The van der Waals surface area contributed by atoms with Gasteiger partial charge in [0.1, 0.15) is 17.4 Å². The van der Waals surface area contributed by atoms with Crippen molar-refractivity contribution in [1.82, 2.24) is 19.2 Å². The highest BCUT2D eigenvalue weighted by Gasteiger charge is 2.42. The average molecular weight is 603 g/mol. The van der Waals surface area contributed by atoms with Gasteiger partial charge in [0.05, 0.1) is 20.2 Å². The highest BCUT2D eigenvalue weighted by Crippen LogP contribution is 2.24. The molecule has 3 amide bonds. The molecule has 42 heavy (non-hydrogen) atoms. The normalized spacial score (nSPS) is 15.7. The van der Waals surface area contributed by atoms with Crippen LogP contribution in [0.2, 0.25) is 0 Å². The fourth-order valence-electron chi connectivity index (χ4n) is 4.45. The van der Waals surface area contributed by atoms with E-state index in [0.29, 0.717) is 23.4 Å². The van der Waals surface area contributed by atoms with Crippen LogP contribution in [-0.4, -0.2) is 66.8 Å². The number of alkyl carbamates (subject to hydrolysis) is 1. The van der Waals surface area contributed by atoms with Crippen LogP contribution >= 0.6 is 0 Å². The molecule has 1 aliphatic heterocycles. The molecule has 0 radical (unpaired) electrons. The molecule has 11 nitrogen and oxygen atoms in total. The van der Waals surface area contributed by atoms with Crippen LogP contribution in [0.15, 0.2) is 48.5 Å². The molecule has 1 heterocycles. The zero-order chi connectivity index (χ0) is 30.9. The Bertz CT molecular complexity index is 1340. The molecule has 12 heteroatoms. The first kappa shape index (κ1) is 32.9. The molecule has 3 rings (SSSR count). The predicted octanol–water partition coefficient (Wildman–Crippen LogP) is 3.53. The van der Waals surface area contributed by atoms with Crippen molar-refractivity contribution in [1.29, 1.82) is 0 Å². The third kappa shape index (κ3) is 9.45. The summed E-state index contributed by atoms with van der Waals surface area (Å²) in [4.78, 5) is 38.2. The molecule has 1 saturated heterocycles. The van der Waals surface area contributed by atoms with Crippen LogP contribution in [0, 0.1) is 0 Å². The monoisotopic (exact) mass is 602 g/mol. The Morgan fingerprint density at radius 2 is 1.69 bits per heavy atom. The summed E-state index contributed by atoms with van der Waals surface area (Å²) in [5, 5.41) is 5.55. The molecule has 0 spiro atoms. The average Bonchev–Trinajstić information content (AvgIpc) is 3.12. The summed E-state index contributed by atoms with van der Waals surface area (Å²) in [6.45, 7) is 7.42. The molecule has 2 N–H and O–H groups in total. The lowest BCUT2D eigenvalue weighted by Crippen LogP contribution is -2.49. The predicted molar refractivity (Wildman–Crippen MR) is 159 cm³/mol. The summed E-state index contributed by atoms with van der Waals surface area (Å²) in [6.07, 6.45) is 2.29. The minimum absolute atomic E-state index is 0.0194. The number of benzene rings is 2. The number of rotatable bonds is 13. The highest BCUT2D eigenvalue weighted by atomic mass is 32.2. The van der Waals surface area contributed by atoms with E-state index in [9.17, 15) is 22.8 Å². The van der Waals surface area contributed by atoms with Gasteiger partial charge in [-0.2, -0.15) is 12.7 Å². The standard InChI is InChI=1S/C30H42N4O7S/c1-6-7-8-16-31-28(36)26(32-29(37)41-30(2,3)4)18-23-10-9-11-24(17-23)19-33-21-27(35)34(42(33,38)39)20-22-12-14-25(40-5)15-13-22/h9-15,17,26H,6-8,16,18-21H2,1-5H3,(H,31,36)(H,32,37)/t26-/m0/s1. The Hall–Kier alpha value is -3.64. The molecular formula is C30H42N4O7S. The Morgan fingerprint density at radius 3 is 2.33 bits per heavy atom. The summed E-state index contributed by atoms with van der Waals surface area (Å²) >= 11 is 0. The van der Waals surface area contributed by atoms with Gasteiger partial charge in [0.25, 0.3) is 5.91 Å². The van der Waals surface area contributed by atoms with Crippen LogP contribution in [0.4, 0.5) is 4.79 Å². The molecule has 1 aliphatic rings. The topological polar surface area (TPSA) is 134 Å². The maximum absolute atomic E-state index is 13.3. The molecule has 2 aromatic rings. The number of amides is 3. The van der Waals surface area contributed by atoms with Crippen LogP contribution in [-0.2, 0) is 44.0 Å². The summed E-state index contributed by atoms with van der Waals surface area (Å²) < 4.78 is 39.0. The summed E-state index contributed by atoms with van der Waals surface area (Å²) in [5.74, 6) is -0.207. The van der Waals surface area contributed by atoms with E-state index >= 15 is 0 Å². The van der Waals surface area contributed by atoms with E-state index in [2.05, 4.69) is 17.6 Å². The number of hydrogen-bond donors (Lipinski definition) is 2. The fourth-order valence-corrected chi connectivity index (χ4v) is 5.94. The van der Waals surface area contributed by atoms with Gasteiger partial charge in [-0.15, -0.1) is 0 Å². The van der Waals surface area contributed by atoms with E-state index in [1.165, 1.54) is 7.11 Å². The van der Waals surface area contributed by atoms with Gasteiger partial charge in [-0.05, 0) is 56.0 Å². The highest BCUT2D eigenvalue weighted by molar-refractivity contribution is 7.87. The van der Waals surface area contributed by atoms with E-state index in [0.717, 1.165) is 33.4 Å². The maximum atomic E-state index is 13.3. The number of nitrogens with zero attached hydrogens (tertiary/aromatic N) is 2. The van der Waals surface area contributed by atoms with Crippen molar-refractivity contribution in [2.45, 2.75) is 78.1 Å². The first-order valence-electron chi connectivity index (χ1n) is 14.1. The fraction of sp³-hybridized carbons (Fsp3) is 0.500. The Balaban J connectivity index is 1.71. The van der Waals surface area contributed by atoms with E-state index in [-0.39, 0.29) is 32.0 Å². The zero-order valence-corrected chi connectivity index (χ0v) is 25.8. The second-order valence-electron chi connectivity index (χ2n) is 11.2. The number of nitrogens with one attached hydrogen (secondary N) is 2. The molecule has 2 aromatic carbocycles. The molecule has 0 saturated carbocycles. The number of ether oxygens (including phenoxy) is 2. The number of unbranched alkanes of at least 4 members (excludes halogenated alkanes) is 2. The zero-order valence-electron chi connectivity index (χ0n) is 25.0. The lowest BCUT2D eigenvalue weighted by atomic mass is 10.0. The number of carbonyl (C=O) groups is 3. The Morgan fingerprint density at radius 1 is 1.00 bits per heavy atom. The van der Waals surface area contributed by atoms with Crippen molar-refractivity contribution in [2.24, 2.45) is 0 Å². The molecule has 0 aromatic heterocycles. The van der Waals surface area contributed by atoms with Crippen molar-refractivity contribution < 1.29 is 32.3 Å². The Kier molecular flexibility index (Phi) is 11.3. The van der Waals surface area contributed by atoms with Crippen LogP contribution in [0.25, 0.3) is 0 Å². The first-order valence-corrected chi connectivity index (χ1v) is 15.5. The largest absolute Gasteiger partial charge is 0.497 e. The number of hydrogen-bond acceptors (Lipinski definition) is 7. The van der Waals surface area contributed by atoms with E-state index < -0.39 is 33.9 Å².